The second kappa shape index (κ2) is 4.55. The van der Waals surface area contributed by atoms with Crippen molar-refractivity contribution < 1.29 is 0 Å². The van der Waals surface area contributed by atoms with Crippen molar-refractivity contribution >= 4 is 0 Å². The molecule has 1 heterocycles. The molecule has 1 rings (SSSR count). The lowest BCUT2D eigenvalue weighted by Crippen LogP contribution is -2.29. The van der Waals surface area contributed by atoms with E-state index in [1.54, 1.807) is 0 Å². The largest absolute Gasteiger partial charge is 0.297 e. The Hall–Kier alpha value is -0.300. The smallest absolute Gasteiger partial charge is 0.0163 e. The number of likely N-dealkylation sites (tertiary alicyclic amines) is 1. The number of hydrogen-bond acceptors (Lipinski definition) is 1. The van der Waals surface area contributed by atoms with Crippen LogP contribution in [0.2, 0.25) is 0 Å². The van der Waals surface area contributed by atoms with Crippen LogP contribution in [0.4, 0.5) is 0 Å². The van der Waals surface area contributed by atoms with Gasteiger partial charge in [-0.25, -0.2) is 0 Å². The molecule has 1 fully saturated rings. The van der Waals surface area contributed by atoms with Gasteiger partial charge >= 0.3 is 0 Å². The van der Waals surface area contributed by atoms with Gasteiger partial charge in [0.15, 0.2) is 0 Å². The molecule has 0 amide bonds. The number of rotatable bonds is 4. The van der Waals surface area contributed by atoms with Gasteiger partial charge in [-0.1, -0.05) is 19.4 Å². The molecule has 1 nitrogen and oxygen atoms in total. The first-order valence-corrected chi connectivity index (χ1v) is 4.73. The van der Waals surface area contributed by atoms with Gasteiger partial charge in [0.05, 0.1) is 0 Å². The van der Waals surface area contributed by atoms with Gasteiger partial charge in [0.2, 0.25) is 0 Å². The highest BCUT2D eigenvalue weighted by Gasteiger charge is 2.21. The van der Waals surface area contributed by atoms with E-state index in [1.807, 2.05) is 6.08 Å². The Morgan fingerprint density at radius 2 is 2.45 bits per heavy atom. The highest BCUT2D eigenvalue weighted by molar-refractivity contribution is 4.83. The summed E-state index contributed by atoms with van der Waals surface area (Å²) in [6.45, 7) is 8.42. The fraction of sp³-hybridized carbons (Fsp3) is 0.800. The molecule has 0 aromatic heterocycles. The van der Waals surface area contributed by atoms with Crippen molar-refractivity contribution in [1.82, 2.24) is 4.90 Å². The Bertz CT molecular complexity index is 120. The van der Waals surface area contributed by atoms with E-state index in [1.165, 1.54) is 32.2 Å². The Kier molecular flexibility index (Phi) is 3.64. The van der Waals surface area contributed by atoms with Crippen molar-refractivity contribution in [2.24, 2.45) is 0 Å². The Morgan fingerprint density at radius 1 is 1.64 bits per heavy atom. The summed E-state index contributed by atoms with van der Waals surface area (Å²) in [5.41, 5.74) is 0. The molecule has 0 N–H and O–H groups in total. The summed E-state index contributed by atoms with van der Waals surface area (Å²) in [6, 6.07) is 0.859. The topological polar surface area (TPSA) is 3.24 Å². The fourth-order valence-electron chi connectivity index (χ4n) is 1.96. The van der Waals surface area contributed by atoms with E-state index in [4.69, 9.17) is 0 Å². The quantitative estimate of drug-likeness (QED) is 0.561. The normalized spacial score (nSPS) is 25.7. The minimum Gasteiger partial charge on any atom is -0.297 e. The van der Waals surface area contributed by atoms with Gasteiger partial charge in [-0.15, -0.1) is 6.58 Å². The lowest BCUT2D eigenvalue weighted by atomic mass is 10.1. The molecular formula is C10H19N. The molecule has 64 valence electrons. The third-order valence-corrected chi connectivity index (χ3v) is 2.48. The fourth-order valence-corrected chi connectivity index (χ4v) is 1.96. The van der Waals surface area contributed by atoms with Crippen molar-refractivity contribution in [1.29, 1.82) is 0 Å². The van der Waals surface area contributed by atoms with Crippen LogP contribution in [-0.2, 0) is 0 Å². The molecule has 0 aliphatic carbocycles. The summed E-state index contributed by atoms with van der Waals surface area (Å²) in [6.07, 6.45) is 7.50. The summed E-state index contributed by atoms with van der Waals surface area (Å²) in [5, 5.41) is 0. The van der Waals surface area contributed by atoms with Crippen LogP contribution < -0.4 is 0 Å². The third-order valence-electron chi connectivity index (χ3n) is 2.48. The molecule has 1 aliphatic rings. The molecule has 1 heteroatoms. The average Bonchev–Trinajstić information content (AvgIpc) is 2.39. The van der Waals surface area contributed by atoms with Crippen molar-refractivity contribution in [2.75, 3.05) is 13.1 Å². The van der Waals surface area contributed by atoms with Crippen molar-refractivity contribution in [2.45, 2.75) is 38.6 Å². The third kappa shape index (κ3) is 2.33. The summed E-state index contributed by atoms with van der Waals surface area (Å²) in [5.74, 6) is 0. The van der Waals surface area contributed by atoms with Gasteiger partial charge in [-0.05, 0) is 25.8 Å². The molecule has 1 saturated heterocycles. The zero-order valence-electron chi connectivity index (χ0n) is 7.55. The highest BCUT2D eigenvalue weighted by atomic mass is 15.2. The first-order chi connectivity index (χ1) is 5.38. The molecular weight excluding hydrogens is 134 g/mol. The van der Waals surface area contributed by atoms with Crippen molar-refractivity contribution in [3.05, 3.63) is 12.7 Å². The monoisotopic (exact) mass is 153 g/mol. The van der Waals surface area contributed by atoms with Gasteiger partial charge in [0, 0.05) is 12.6 Å². The lowest BCUT2D eigenvalue weighted by molar-refractivity contribution is 0.267. The maximum Gasteiger partial charge on any atom is 0.0163 e. The van der Waals surface area contributed by atoms with E-state index in [9.17, 15) is 0 Å². The molecule has 0 aromatic rings. The zero-order valence-corrected chi connectivity index (χ0v) is 7.55. The molecule has 0 saturated carbocycles. The minimum atomic E-state index is 0.859. The first-order valence-electron chi connectivity index (χ1n) is 4.73. The van der Waals surface area contributed by atoms with Gasteiger partial charge in [-0.3, -0.25) is 4.90 Å². The van der Waals surface area contributed by atoms with Gasteiger partial charge in [-0.2, -0.15) is 0 Å². The van der Waals surface area contributed by atoms with Crippen LogP contribution in [0.3, 0.4) is 0 Å². The minimum absolute atomic E-state index is 0.859. The van der Waals surface area contributed by atoms with Gasteiger partial charge < -0.3 is 0 Å². The van der Waals surface area contributed by atoms with Gasteiger partial charge in [0.25, 0.3) is 0 Å². The molecule has 1 aliphatic heterocycles. The van der Waals surface area contributed by atoms with Crippen LogP contribution in [0.1, 0.15) is 32.6 Å². The molecule has 1 atom stereocenters. The summed E-state index contributed by atoms with van der Waals surface area (Å²) >= 11 is 0. The number of nitrogens with zero attached hydrogens (tertiary/aromatic N) is 1. The standard InChI is InChI=1S/C10H19N/c1-3-6-10-7-5-9-11(10)8-4-2/h4,10H,2-3,5-9H2,1H3/t10-/m1/s1. The van der Waals surface area contributed by atoms with E-state index in [0.29, 0.717) is 0 Å². The van der Waals surface area contributed by atoms with Crippen molar-refractivity contribution in [3.63, 3.8) is 0 Å². The Morgan fingerprint density at radius 3 is 3.09 bits per heavy atom. The van der Waals surface area contributed by atoms with Crippen LogP contribution in [-0.4, -0.2) is 24.0 Å². The molecule has 11 heavy (non-hydrogen) atoms. The Balaban J connectivity index is 2.31. The predicted octanol–water partition coefficient (Wildman–Crippen LogP) is 2.44. The zero-order chi connectivity index (χ0) is 8.10. The van der Waals surface area contributed by atoms with E-state index >= 15 is 0 Å². The van der Waals surface area contributed by atoms with E-state index < -0.39 is 0 Å². The highest BCUT2D eigenvalue weighted by Crippen LogP contribution is 2.20. The van der Waals surface area contributed by atoms with Gasteiger partial charge in [0.1, 0.15) is 0 Å². The lowest BCUT2D eigenvalue weighted by Gasteiger charge is -2.21. The maximum absolute atomic E-state index is 3.78. The maximum atomic E-state index is 3.78. The summed E-state index contributed by atoms with van der Waals surface area (Å²) in [7, 11) is 0. The first kappa shape index (κ1) is 8.79. The number of hydrogen-bond donors (Lipinski definition) is 0. The second-order valence-corrected chi connectivity index (χ2v) is 3.37. The SMILES string of the molecule is C=CCN1CCC[C@H]1CCC. The van der Waals surface area contributed by atoms with E-state index in [-0.39, 0.29) is 0 Å². The van der Waals surface area contributed by atoms with E-state index in [2.05, 4.69) is 18.4 Å². The molecule has 0 bridgehead atoms. The molecule has 0 spiro atoms. The predicted molar refractivity (Wildman–Crippen MR) is 49.7 cm³/mol. The summed E-state index contributed by atoms with van der Waals surface area (Å²) < 4.78 is 0. The van der Waals surface area contributed by atoms with Crippen LogP contribution in [0, 0.1) is 0 Å². The van der Waals surface area contributed by atoms with Crippen LogP contribution in [0.5, 0.6) is 0 Å². The summed E-state index contributed by atoms with van der Waals surface area (Å²) in [4.78, 5) is 2.55. The van der Waals surface area contributed by atoms with Crippen molar-refractivity contribution in [3.8, 4) is 0 Å². The van der Waals surface area contributed by atoms with Crippen LogP contribution in [0.25, 0.3) is 0 Å². The molecule has 0 unspecified atom stereocenters. The van der Waals surface area contributed by atoms with Crippen LogP contribution in [0.15, 0.2) is 12.7 Å². The Labute approximate surface area is 70.1 Å². The molecule has 0 radical (unpaired) electrons. The van der Waals surface area contributed by atoms with Crippen LogP contribution >= 0.6 is 0 Å². The molecule has 0 aromatic carbocycles. The van der Waals surface area contributed by atoms with E-state index in [0.717, 1.165) is 12.6 Å². The average molecular weight is 153 g/mol. The second-order valence-electron chi connectivity index (χ2n) is 3.37.